The van der Waals surface area contributed by atoms with Gasteiger partial charge >= 0.3 is 6.18 Å². The Morgan fingerprint density at radius 3 is 2.20 bits per heavy atom. The Morgan fingerprint density at radius 1 is 0.925 bits per heavy atom. The average Bonchev–Trinajstić information content (AvgIpc) is 3.00. The second-order valence-electron chi connectivity index (χ2n) is 10.9. The number of alkyl halides is 3. The first-order chi connectivity index (χ1) is 19.3. The maximum Gasteiger partial charge on any atom is 0.416 e. The molecule has 0 saturated carbocycles. The number of benzene rings is 2. The lowest BCUT2D eigenvalue weighted by Gasteiger charge is -2.40. The Hall–Kier alpha value is -2.88. The van der Waals surface area contributed by atoms with Crippen LogP contribution in [0.25, 0.3) is 0 Å². The van der Waals surface area contributed by atoms with Gasteiger partial charge < -0.3 is 24.4 Å². The highest BCUT2D eigenvalue weighted by Gasteiger charge is 2.35. The molecular weight excluding hydrogens is 521 g/mol. The van der Waals surface area contributed by atoms with Gasteiger partial charge in [-0.2, -0.15) is 13.2 Å². The maximum atomic E-state index is 13.6. The predicted octanol–water partition coefficient (Wildman–Crippen LogP) is 5.61. The molecule has 1 N–H and O–H groups in total. The van der Waals surface area contributed by atoms with E-state index >= 15 is 0 Å². The van der Waals surface area contributed by atoms with Crippen LogP contribution in [0.3, 0.4) is 0 Å². The molecule has 0 aliphatic carbocycles. The summed E-state index contributed by atoms with van der Waals surface area (Å²) in [6.07, 6.45) is 2.55. The Labute approximate surface area is 233 Å². The molecule has 0 spiro atoms. The van der Waals surface area contributed by atoms with Crippen LogP contribution in [0.15, 0.2) is 60.4 Å². The Balaban J connectivity index is 1.29. The lowest BCUT2D eigenvalue weighted by atomic mass is 9.92. The molecule has 2 saturated heterocycles. The number of allylic oxidation sites excluding steroid dienone is 1. The molecule has 2 atom stereocenters. The van der Waals surface area contributed by atoms with Gasteiger partial charge in [-0.25, -0.2) is 0 Å². The minimum atomic E-state index is -4.41. The standard InChI is InChI=1S/C31H37F3N2O4/c32-31(33,34)26-10-8-24(9-11-26)25-18-28(40-29(19-25)39-21-23-6-4-22(20-37)5-7-23)30(38)36-16-12-27(13-17-36)35-14-2-1-3-15-35/h4-11,18,25,27,29,37H,1-3,12-17,19-21H2/t25-,29+/m1/s1. The van der Waals surface area contributed by atoms with E-state index in [0.29, 0.717) is 31.1 Å². The van der Waals surface area contributed by atoms with Gasteiger partial charge in [-0.15, -0.1) is 0 Å². The van der Waals surface area contributed by atoms with Gasteiger partial charge in [0.2, 0.25) is 6.29 Å². The number of aliphatic hydroxyl groups is 1. The smallest absolute Gasteiger partial charge is 0.416 e. The number of likely N-dealkylation sites (tertiary alicyclic amines) is 2. The van der Waals surface area contributed by atoms with Crippen molar-refractivity contribution in [3.8, 4) is 0 Å². The van der Waals surface area contributed by atoms with Gasteiger partial charge in [-0.3, -0.25) is 4.79 Å². The van der Waals surface area contributed by atoms with Crippen molar-refractivity contribution >= 4 is 5.91 Å². The zero-order valence-electron chi connectivity index (χ0n) is 22.6. The highest BCUT2D eigenvalue weighted by atomic mass is 19.4. The van der Waals surface area contributed by atoms with Crippen LogP contribution in [-0.4, -0.2) is 59.3 Å². The summed E-state index contributed by atoms with van der Waals surface area (Å²) in [5.41, 5.74) is 1.64. The molecule has 2 fully saturated rings. The van der Waals surface area contributed by atoms with Crippen molar-refractivity contribution in [1.82, 2.24) is 9.80 Å². The summed E-state index contributed by atoms with van der Waals surface area (Å²) in [6.45, 7) is 3.74. The third-order valence-corrected chi connectivity index (χ3v) is 8.23. The monoisotopic (exact) mass is 558 g/mol. The van der Waals surface area contributed by atoms with E-state index in [9.17, 15) is 23.1 Å². The summed E-state index contributed by atoms with van der Waals surface area (Å²) in [5.74, 6) is -0.342. The van der Waals surface area contributed by atoms with E-state index in [2.05, 4.69) is 4.90 Å². The number of carbonyl (C=O) groups excluding carboxylic acids is 1. The highest BCUT2D eigenvalue weighted by molar-refractivity contribution is 5.91. The van der Waals surface area contributed by atoms with Gasteiger partial charge in [0.25, 0.3) is 5.91 Å². The van der Waals surface area contributed by atoms with Crippen molar-refractivity contribution in [3.05, 3.63) is 82.6 Å². The van der Waals surface area contributed by atoms with Crippen LogP contribution in [0.1, 0.15) is 66.7 Å². The lowest BCUT2D eigenvalue weighted by Crippen LogP contribution is -2.49. The first kappa shape index (κ1) is 28.6. The molecule has 216 valence electrons. The molecule has 9 heteroatoms. The van der Waals surface area contributed by atoms with Gasteiger partial charge in [-0.1, -0.05) is 42.8 Å². The van der Waals surface area contributed by atoms with Crippen LogP contribution in [0.5, 0.6) is 0 Å². The molecule has 5 rings (SSSR count). The molecule has 0 unspecified atom stereocenters. The summed E-state index contributed by atoms with van der Waals surface area (Å²) in [4.78, 5) is 18.0. The van der Waals surface area contributed by atoms with E-state index in [-0.39, 0.29) is 30.8 Å². The summed E-state index contributed by atoms with van der Waals surface area (Å²) < 4.78 is 51.5. The van der Waals surface area contributed by atoms with E-state index < -0.39 is 18.0 Å². The topological polar surface area (TPSA) is 62.2 Å². The fraction of sp³-hybridized carbons (Fsp3) is 0.516. The molecule has 40 heavy (non-hydrogen) atoms. The van der Waals surface area contributed by atoms with Crippen LogP contribution in [0, 0.1) is 0 Å². The fourth-order valence-electron chi connectivity index (χ4n) is 5.87. The van der Waals surface area contributed by atoms with Crippen LogP contribution in [-0.2, 0) is 33.7 Å². The summed E-state index contributed by atoms with van der Waals surface area (Å²) in [5, 5.41) is 9.27. The third kappa shape index (κ3) is 7.06. The largest absolute Gasteiger partial charge is 0.459 e. The van der Waals surface area contributed by atoms with Crippen molar-refractivity contribution in [1.29, 1.82) is 0 Å². The van der Waals surface area contributed by atoms with Gasteiger partial charge in [0, 0.05) is 31.5 Å². The normalized spacial score (nSPS) is 23.0. The number of aliphatic hydroxyl groups excluding tert-OH is 1. The first-order valence-corrected chi connectivity index (χ1v) is 14.2. The van der Waals surface area contributed by atoms with Crippen molar-refractivity contribution in [3.63, 3.8) is 0 Å². The molecule has 0 bridgehead atoms. The number of ether oxygens (including phenoxy) is 2. The van der Waals surface area contributed by atoms with E-state index in [4.69, 9.17) is 9.47 Å². The fourth-order valence-corrected chi connectivity index (χ4v) is 5.87. The second kappa shape index (κ2) is 12.7. The summed E-state index contributed by atoms with van der Waals surface area (Å²) in [7, 11) is 0. The zero-order valence-corrected chi connectivity index (χ0v) is 22.6. The Morgan fingerprint density at radius 2 is 1.57 bits per heavy atom. The van der Waals surface area contributed by atoms with E-state index in [0.717, 1.165) is 49.2 Å². The van der Waals surface area contributed by atoms with Gasteiger partial charge in [0.15, 0.2) is 5.76 Å². The van der Waals surface area contributed by atoms with Crippen LogP contribution < -0.4 is 0 Å². The van der Waals surface area contributed by atoms with Gasteiger partial charge in [-0.05, 0) is 73.7 Å². The number of rotatable bonds is 7. The summed E-state index contributed by atoms with van der Waals surface area (Å²) >= 11 is 0. The SMILES string of the molecule is O=C(C1=C[C@@H](c2ccc(C(F)(F)F)cc2)C[C@@H](OCc2ccc(CO)cc2)O1)N1CCC(N2CCCCC2)CC1. The number of amides is 1. The van der Waals surface area contributed by atoms with E-state index in [1.54, 1.807) is 6.08 Å². The van der Waals surface area contributed by atoms with Crippen LogP contribution in [0.4, 0.5) is 13.2 Å². The molecular formula is C31H37F3N2O4. The highest BCUT2D eigenvalue weighted by Crippen LogP contribution is 2.35. The number of hydrogen-bond acceptors (Lipinski definition) is 5. The Bertz CT molecular complexity index is 1150. The van der Waals surface area contributed by atoms with Crippen molar-refractivity contribution in [2.45, 2.75) is 76.2 Å². The maximum absolute atomic E-state index is 13.6. The average molecular weight is 559 g/mol. The minimum absolute atomic E-state index is 0.0484. The number of halogens is 3. The molecule has 6 nitrogen and oxygen atoms in total. The van der Waals surface area contributed by atoms with Crippen LogP contribution in [0.2, 0.25) is 0 Å². The molecule has 3 heterocycles. The predicted molar refractivity (Wildman–Crippen MR) is 144 cm³/mol. The quantitative estimate of drug-likeness (QED) is 0.479. The first-order valence-electron chi connectivity index (χ1n) is 14.2. The lowest BCUT2D eigenvalue weighted by molar-refractivity contribution is -0.157. The number of nitrogens with zero attached hydrogens (tertiary/aromatic N) is 2. The third-order valence-electron chi connectivity index (χ3n) is 8.23. The Kier molecular flexibility index (Phi) is 9.13. The molecule has 3 aliphatic heterocycles. The number of piperidine rings is 2. The summed E-state index contributed by atoms with van der Waals surface area (Å²) in [6, 6.07) is 12.9. The second-order valence-corrected chi connectivity index (χ2v) is 10.9. The van der Waals surface area contributed by atoms with Crippen molar-refractivity contribution < 1.29 is 32.5 Å². The number of carbonyl (C=O) groups is 1. The molecule has 1 amide bonds. The minimum Gasteiger partial charge on any atom is -0.459 e. The molecule has 0 radical (unpaired) electrons. The van der Waals surface area contributed by atoms with Gasteiger partial charge in [0.1, 0.15) is 0 Å². The zero-order chi connectivity index (χ0) is 28.1. The molecule has 2 aromatic rings. The van der Waals surface area contributed by atoms with E-state index in [1.807, 2.05) is 29.2 Å². The molecule has 3 aliphatic rings. The molecule has 0 aromatic heterocycles. The van der Waals surface area contributed by atoms with Crippen molar-refractivity contribution in [2.24, 2.45) is 0 Å². The van der Waals surface area contributed by atoms with Crippen molar-refractivity contribution in [2.75, 3.05) is 26.2 Å². The molecule has 2 aromatic carbocycles. The number of hydrogen-bond donors (Lipinski definition) is 1. The van der Waals surface area contributed by atoms with Crippen LogP contribution >= 0.6 is 0 Å². The van der Waals surface area contributed by atoms with Gasteiger partial charge in [0.05, 0.1) is 18.8 Å². The van der Waals surface area contributed by atoms with E-state index in [1.165, 1.54) is 31.4 Å².